The Morgan fingerprint density at radius 3 is 2.44 bits per heavy atom. The van der Waals surface area contributed by atoms with Crippen molar-refractivity contribution in [1.29, 1.82) is 0 Å². The molecule has 0 aromatic carbocycles. The lowest BCUT2D eigenvalue weighted by Gasteiger charge is -2.15. The van der Waals surface area contributed by atoms with Gasteiger partial charge in [0.25, 0.3) is 0 Å². The van der Waals surface area contributed by atoms with Crippen LogP contribution < -0.4 is 5.73 Å². The normalized spacial score (nSPS) is 19.3. The predicted octanol–water partition coefficient (Wildman–Crippen LogP) is 2.40. The van der Waals surface area contributed by atoms with Crippen LogP contribution in [0.25, 0.3) is 0 Å². The van der Waals surface area contributed by atoms with E-state index in [1.165, 1.54) is 44.9 Å². The molecule has 4 nitrogen and oxygen atoms in total. The number of nitrogens with two attached hydrogens (primary N) is 1. The summed E-state index contributed by atoms with van der Waals surface area (Å²) in [5, 5.41) is 8.20. The first-order valence-electron chi connectivity index (χ1n) is 6.42. The zero-order valence-electron chi connectivity index (χ0n) is 9.82. The molecule has 0 spiro atoms. The molecule has 0 aliphatic heterocycles. The van der Waals surface area contributed by atoms with Gasteiger partial charge in [0.05, 0.1) is 0 Å². The van der Waals surface area contributed by atoms with Crippen LogP contribution in [-0.2, 0) is 6.42 Å². The summed E-state index contributed by atoms with van der Waals surface area (Å²) in [6, 6.07) is 0. The SMILES string of the molecule is NCCc1nnc(C2CCCCCCC2)o1. The van der Waals surface area contributed by atoms with Crippen molar-refractivity contribution in [3.8, 4) is 0 Å². The third kappa shape index (κ3) is 3.04. The van der Waals surface area contributed by atoms with Gasteiger partial charge < -0.3 is 10.2 Å². The summed E-state index contributed by atoms with van der Waals surface area (Å²) in [6.45, 7) is 0.576. The predicted molar refractivity (Wildman–Crippen MR) is 62.1 cm³/mol. The summed E-state index contributed by atoms with van der Waals surface area (Å²) in [5.41, 5.74) is 5.47. The molecular formula is C12H21N3O. The Bertz CT molecular complexity index is 303. The summed E-state index contributed by atoms with van der Waals surface area (Å²) in [5.74, 6) is 2.02. The Morgan fingerprint density at radius 2 is 1.75 bits per heavy atom. The van der Waals surface area contributed by atoms with Crippen LogP contribution in [0.1, 0.15) is 62.6 Å². The molecule has 0 bridgehead atoms. The van der Waals surface area contributed by atoms with Crippen molar-refractivity contribution in [3.63, 3.8) is 0 Å². The first kappa shape index (κ1) is 11.6. The van der Waals surface area contributed by atoms with Gasteiger partial charge in [-0.3, -0.25) is 0 Å². The molecule has 0 radical (unpaired) electrons. The Kier molecular flexibility index (Phi) is 4.34. The van der Waals surface area contributed by atoms with Gasteiger partial charge >= 0.3 is 0 Å². The summed E-state index contributed by atoms with van der Waals surface area (Å²) < 4.78 is 5.66. The third-order valence-corrected chi connectivity index (χ3v) is 3.30. The summed E-state index contributed by atoms with van der Waals surface area (Å²) >= 11 is 0. The summed E-state index contributed by atoms with van der Waals surface area (Å²) in [4.78, 5) is 0. The van der Waals surface area contributed by atoms with Crippen molar-refractivity contribution in [2.24, 2.45) is 5.73 Å². The fourth-order valence-electron chi connectivity index (χ4n) is 2.36. The minimum absolute atomic E-state index is 0.485. The van der Waals surface area contributed by atoms with Crippen LogP contribution in [0.3, 0.4) is 0 Å². The maximum absolute atomic E-state index is 5.66. The van der Waals surface area contributed by atoms with E-state index in [-0.39, 0.29) is 0 Å². The van der Waals surface area contributed by atoms with Crippen molar-refractivity contribution < 1.29 is 4.42 Å². The summed E-state index contributed by atoms with van der Waals surface area (Å²) in [6.07, 6.45) is 9.75. The van der Waals surface area contributed by atoms with Crippen molar-refractivity contribution in [3.05, 3.63) is 11.8 Å². The Balaban J connectivity index is 1.97. The van der Waals surface area contributed by atoms with Gasteiger partial charge in [-0.2, -0.15) is 0 Å². The van der Waals surface area contributed by atoms with Gasteiger partial charge in [-0.15, -0.1) is 10.2 Å². The second kappa shape index (κ2) is 5.99. The minimum atomic E-state index is 0.485. The summed E-state index contributed by atoms with van der Waals surface area (Å²) in [7, 11) is 0. The maximum atomic E-state index is 5.66. The van der Waals surface area contributed by atoms with Gasteiger partial charge in [-0.05, 0) is 12.8 Å². The molecule has 0 saturated heterocycles. The van der Waals surface area contributed by atoms with Crippen LogP contribution in [0.2, 0.25) is 0 Å². The van der Waals surface area contributed by atoms with Crippen molar-refractivity contribution >= 4 is 0 Å². The molecule has 90 valence electrons. The van der Waals surface area contributed by atoms with Gasteiger partial charge in [-0.1, -0.05) is 32.1 Å². The molecule has 1 aliphatic carbocycles. The zero-order valence-corrected chi connectivity index (χ0v) is 9.82. The van der Waals surface area contributed by atoms with Gasteiger partial charge in [-0.25, -0.2) is 0 Å². The number of nitrogens with zero attached hydrogens (tertiary/aromatic N) is 2. The lowest BCUT2D eigenvalue weighted by Crippen LogP contribution is -2.03. The largest absolute Gasteiger partial charge is 0.425 e. The molecule has 2 rings (SSSR count). The molecular weight excluding hydrogens is 202 g/mol. The lowest BCUT2D eigenvalue weighted by atomic mass is 9.91. The van der Waals surface area contributed by atoms with Crippen LogP contribution in [0.4, 0.5) is 0 Å². The molecule has 1 fully saturated rings. The quantitative estimate of drug-likeness (QED) is 0.854. The molecule has 1 aromatic heterocycles. The van der Waals surface area contributed by atoms with E-state index < -0.39 is 0 Å². The maximum Gasteiger partial charge on any atom is 0.219 e. The molecule has 1 heterocycles. The van der Waals surface area contributed by atoms with Crippen LogP contribution in [-0.4, -0.2) is 16.7 Å². The van der Waals surface area contributed by atoms with E-state index in [0.29, 0.717) is 24.8 Å². The first-order valence-corrected chi connectivity index (χ1v) is 6.42. The number of aromatic nitrogens is 2. The second-order valence-corrected chi connectivity index (χ2v) is 4.61. The molecule has 16 heavy (non-hydrogen) atoms. The number of rotatable bonds is 3. The van der Waals surface area contributed by atoms with Gasteiger partial charge in [0.2, 0.25) is 11.8 Å². The van der Waals surface area contributed by atoms with Crippen LogP contribution in [0.15, 0.2) is 4.42 Å². The Labute approximate surface area is 96.6 Å². The monoisotopic (exact) mass is 223 g/mol. The lowest BCUT2D eigenvalue weighted by molar-refractivity contribution is 0.363. The second-order valence-electron chi connectivity index (χ2n) is 4.61. The minimum Gasteiger partial charge on any atom is -0.425 e. The standard InChI is InChI=1S/C12H21N3O/c13-9-8-11-14-15-12(16-11)10-6-4-2-1-3-5-7-10/h10H,1-9,13H2. The van der Waals surface area contributed by atoms with E-state index in [1.807, 2.05) is 0 Å². The molecule has 1 saturated carbocycles. The van der Waals surface area contributed by atoms with Crippen molar-refractivity contribution in [2.75, 3.05) is 6.54 Å². The molecule has 1 aliphatic rings. The van der Waals surface area contributed by atoms with E-state index in [1.54, 1.807) is 0 Å². The highest BCUT2D eigenvalue weighted by atomic mass is 16.4. The van der Waals surface area contributed by atoms with E-state index in [0.717, 1.165) is 5.89 Å². The third-order valence-electron chi connectivity index (χ3n) is 3.30. The fourth-order valence-corrected chi connectivity index (χ4v) is 2.36. The van der Waals surface area contributed by atoms with Gasteiger partial charge in [0.15, 0.2) is 0 Å². The van der Waals surface area contributed by atoms with E-state index >= 15 is 0 Å². The molecule has 1 aromatic rings. The average molecular weight is 223 g/mol. The van der Waals surface area contributed by atoms with Crippen molar-refractivity contribution in [1.82, 2.24) is 10.2 Å². The first-order chi connectivity index (χ1) is 7.90. The topological polar surface area (TPSA) is 64.9 Å². The average Bonchev–Trinajstić information content (AvgIpc) is 2.66. The van der Waals surface area contributed by atoms with Crippen LogP contribution in [0, 0.1) is 0 Å². The number of hydrogen-bond acceptors (Lipinski definition) is 4. The van der Waals surface area contributed by atoms with E-state index in [9.17, 15) is 0 Å². The molecule has 0 amide bonds. The Hall–Kier alpha value is -0.900. The highest BCUT2D eigenvalue weighted by molar-refractivity contribution is 4.92. The zero-order chi connectivity index (χ0) is 11.2. The van der Waals surface area contributed by atoms with E-state index in [2.05, 4.69) is 10.2 Å². The fraction of sp³-hybridized carbons (Fsp3) is 0.833. The highest BCUT2D eigenvalue weighted by Crippen LogP contribution is 2.29. The molecule has 4 heteroatoms. The van der Waals surface area contributed by atoms with Gasteiger partial charge in [0.1, 0.15) is 0 Å². The van der Waals surface area contributed by atoms with E-state index in [4.69, 9.17) is 10.2 Å². The highest BCUT2D eigenvalue weighted by Gasteiger charge is 2.19. The van der Waals surface area contributed by atoms with Crippen LogP contribution in [0.5, 0.6) is 0 Å². The molecule has 0 atom stereocenters. The van der Waals surface area contributed by atoms with Crippen LogP contribution >= 0.6 is 0 Å². The van der Waals surface area contributed by atoms with Crippen molar-refractivity contribution in [2.45, 2.75) is 57.3 Å². The molecule has 0 unspecified atom stereocenters. The van der Waals surface area contributed by atoms with Gasteiger partial charge in [0, 0.05) is 18.9 Å². The Morgan fingerprint density at radius 1 is 1.06 bits per heavy atom. The molecule has 2 N–H and O–H groups in total. The smallest absolute Gasteiger partial charge is 0.219 e. The number of hydrogen-bond donors (Lipinski definition) is 1.